The number of anilines is 2. The molecule has 2 heterocycles. The molecule has 28 heavy (non-hydrogen) atoms. The first-order chi connectivity index (χ1) is 13.4. The van der Waals surface area contributed by atoms with Gasteiger partial charge in [0.2, 0.25) is 0 Å². The Bertz CT molecular complexity index is 799. The lowest BCUT2D eigenvalue weighted by atomic mass is 9.92. The number of piperazine rings is 1. The molecular weight excluding hydrogens is 350 g/mol. The first-order valence-corrected chi connectivity index (χ1v) is 10.1. The number of carbonyl (C=O) groups is 1. The fourth-order valence-corrected chi connectivity index (χ4v) is 3.54. The summed E-state index contributed by atoms with van der Waals surface area (Å²) in [5.41, 5.74) is 4.02. The highest BCUT2D eigenvalue weighted by Crippen LogP contribution is 2.34. The van der Waals surface area contributed by atoms with E-state index in [0.29, 0.717) is 23.3 Å². The van der Waals surface area contributed by atoms with Crippen LogP contribution in [-0.4, -0.2) is 58.9 Å². The van der Waals surface area contributed by atoms with E-state index >= 15 is 0 Å². The first-order valence-electron chi connectivity index (χ1n) is 10.1. The maximum absolute atomic E-state index is 12.9. The number of para-hydroxylation sites is 1. The van der Waals surface area contributed by atoms with E-state index < -0.39 is 0 Å². The fraction of sp³-hybridized carbons (Fsp3) is 0.500. The van der Waals surface area contributed by atoms with Crippen molar-refractivity contribution in [3.63, 3.8) is 0 Å². The van der Waals surface area contributed by atoms with Crippen LogP contribution >= 0.6 is 0 Å². The summed E-state index contributed by atoms with van der Waals surface area (Å²) in [6.07, 6.45) is 1.47. The molecule has 6 nitrogen and oxygen atoms in total. The van der Waals surface area contributed by atoms with Gasteiger partial charge in [-0.15, -0.1) is 0 Å². The third-order valence-electron chi connectivity index (χ3n) is 5.30. The molecule has 0 aliphatic carbocycles. The van der Waals surface area contributed by atoms with Crippen LogP contribution in [0.15, 0.2) is 30.6 Å². The summed E-state index contributed by atoms with van der Waals surface area (Å²) in [5, 5.41) is 3.48. The number of aromatic nitrogens is 2. The molecule has 0 saturated carbocycles. The summed E-state index contributed by atoms with van der Waals surface area (Å²) in [4.78, 5) is 25.6. The zero-order valence-electron chi connectivity index (χ0n) is 17.6. The van der Waals surface area contributed by atoms with Crippen molar-refractivity contribution < 1.29 is 4.79 Å². The Morgan fingerprint density at radius 3 is 2.18 bits per heavy atom. The zero-order chi connectivity index (χ0) is 20.3. The smallest absolute Gasteiger partial charge is 0.272 e. The second-order valence-electron chi connectivity index (χ2n) is 8.13. The summed E-state index contributed by atoms with van der Waals surface area (Å²) in [7, 11) is 2.08. The molecule has 1 N–H and O–H groups in total. The van der Waals surface area contributed by atoms with Crippen molar-refractivity contribution in [1.29, 1.82) is 0 Å². The molecule has 0 bridgehead atoms. The van der Waals surface area contributed by atoms with Crippen LogP contribution in [0.2, 0.25) is 0 Å². The van der Waals surface area contributed by atoms with Crippen molar-refractivity contribution in [2.45, 2.75) is 39.5 Å². The maximum Gasteiger partial charge on any atom is 0.272 e. The van der Waals surface area contributed by atoms with Gasteiger partial charge in [0.05, 0.1) is 0 Å². The normalized spacial score (nSPS) is 15.3. The van der Waals surface area contributed by atoms with Crippen molar-refractivity contribution in [3.8, 4) is 0 Å². The van der Waals surface area contributed by atoms with Crippen LogP contribution < -0.4 is 5.32 Å². The quantitative estimate of drug-likeness (QED) is 0.852. The number of rotatable bonds is 5. The molecule has 0 spiro atoms. The number of carbonyl (C=O) groups excluding carboxylic acids is 1. The molecule has 6 heteroatoms. The van der Waals surface area contributed by atoms with Crippen LogP contribution in [0, 0.1) is 0 Å². The van der Waals surface area contributed by atoms with E-state index in [2.05, 4.69) is 73.1 Å². The highest BCUT2D eigenvalue weighted by Gasteiger charge is 2.22. The Morgan fingerprint density at radius 2 is 1.61 bits per heavy atom. The highest BCUT2D eigenvalue weighted by molar-refractivity contribution is 5.93. The molecule has 1 aromatic carbocycles. The lowest BCUT2D eigenvalue weighted by Gasteiger charge is -2.32. The van der Waals surface area contributed by atoms with Gasteiger partial charge in [-0.25, -0.2) is 9.97 Å². The molecule has 0 unspecified atom stereocenters. The molecule has 3 rings (SSSR count). The van der Waals surface area contributed by atoms with Crippen LogP contribution in [0.1, 0.15) is 61.1 Å². The average Bonchev–Trinajstić information content (AvgIpc) is 2.68. The number of nitrogens with zero attached hydrogens (tertiary/aromatic N) is 4. The molecule has 0 atom stereocenters. The zero-order valence-corrected chi connectivity index (χ0v) is 17.6. The van der Waals surface area contributed by atoms with E-state index in [0.717, 1.165) is 31.9 Å². The van der Waals surface area contributed by atoms with Gasteiger partial charge in [-0.1, -0.05) is 45.9 Å². The van der Waals surface area contributed by atoms with Crippen LogP contribution in [0.4, 0.5) is 11.5 Å². The van der Waals surface area contributed by atoms with Gasteiger partial charge in [-0.3, -0.25) is 4.79 Å². The molecule has 1 fully saturated rings. The number of hydrogen-bond donors (Lipinski definition) is 1. The molecule has 150 valence electrons. The van der Waals surface area contributed by atoms with Crippen LogP contribution in [0.5, 0.6) is 0 Å². The molecule has 1 aliphatic rings. The van der Waals surface area contributed by atoms with Crippen molar-refractivity contribution in [2.75, 3.05) is 38.5 Å². The summed E-state index contributed by atoms with van der Waals surface area (Å²) in [6, 6.07) is 8.17. The topological polar surface area (TPSA) is 61.4 Å². The third-order valence-corrected chi connectivity index (χ3v) is 5.30. The lowest BCUT2D eigenvalue weighted by molar-refractivity contribution is 0.0658. The Morgan fingerprint density at radius 1 is 1.00 bits per heavy atom. The van der Waals surface area contributed by atoms with Gasteiger partial charge in [0.1, 0.15) is 17.8 Å². The summed E-state index contributed by atoms with van der Waals surface area (Å²) in [6.45, 7) is 12.0. The minimum atomic E-state index is -0.0280. The first kappa shape index (κ1) is 20.3. The van der Waals surface area contributed by atoms with Crippen molar-refractivity contribution in [3.05, 3.63) is 47.4 Å². The van der Waals surface area contributed by atoms with Gasteiger partial charge in [0.25, 0.3) is 5.91 Å². The van der Waals surface area contributed by atoms with E-state index in [4.69, 9.17) is 0 Å². The number of hydrogen-bond acceptors (Lipinski definition) is 5. The lowest BCUT2D eigenvalue weighted by Crippen LogP contribution is -2.47. The predicted octanol–water partition coefficient (Wildman–Crippen LogP) is 3.85. The summed E-state index contributed by atoms with van der Waals surface area (Å²) < 4.78 is 0. The Labute approximate surface area is 168 Å². The van der Waals surface area contributed by atoms with E-state index in [9.17, 15) is 4.79 Å². The van der Waals surface area contributed by atoms with E-state index in [1.807, 2.05) is 4.90 Å². The van der Waals surface area contributed by atoms with Crippen LogP contribution in [0.3, 0.4) is 0 Å². The Balaban J connectivity index is 1.87. The SMILES string of the molecule is CC(C)c1cccc(C(C)C)c1Nc1cc(C(=O)N2CCN(C)CC2)ncn1. The van der Waals surface area contributed by atoms with Crippen LogP contribution in [0.25, 0.3) is 0 Å². The molecule has 1 saturated heterocycles. The van der Waals surface area contributed by atoms with Gasteiger partial charge >= 0.3 is 0 Å². The standard InChI is InChI=1S/C22H31N5O/c1-15(2)17-7-6-8-18(16(3)4)21(17)25-20-13-19(23-14-24-20)22(28)27-11-9-26(5)10-12-27/h6-8,13-16H,9-12H2,1-5H3,(H,23,24,25). The summed E-state index contributed by atoms with van der Waals surface area (Å²) >= 11 is 0. The van der Waals surface area contributed by atoms with E-state index in [-0.39, 0.29) is 5.91 Å². The van der Waals surface area contributed by atoms with Gasteiger partial charge in [-0.2, -0.15) is 0 Å². The monoisotopic (exact) mass is 381 g/mol. The predicted molar refractivity (Wildman–Crippen MR) is 113 cm³/mol. The largest absolute Gasteiger partial charge is 0.340 e. The third kappa shape index (κ3) is 4.50. The maximum atomic E-state index is 12.9. The molecular formula is C22H31N5O. The Kier molecular flexibility index (Phi) is 6.29. The highest BCUT2D eigenvalue weighted by atomic mass is 16.2. The van der Waals surface area contributed by atoms with Crippen LogP contribution in [-0.2, 0) is 0 Å². The molecule has 1 aliphatic heterocycles. The van der Waals surface area contributed by atoms with Crippen molar-refractivity contribution >= 4 is 17.4 Å². The minimum absolute atomic E-state index is 0.0280. The number of nitrogens with one attached hydrogen (secondary N) is 1. The molecule has 2 aromatic rings. The second-order valence-corrected chi connectivity index (χ2v) is 8.13. The summed E-state index contributed by atoms with van der Waals surface area (Å²) in [5.74, 6) is 1.39. The Hall–Kier alpha value is -2.47. The van der Waals surface area contributed by atoms with Gasteiger partial charge in [-0.05, 0) is 30.0 Å². The van der Waals surface area contributed by atoms with Gasteiger partial charge < -0.3 is 15.1 Å². The minimum Gasteiger partial charge on any atom is -0.340 e. The second kappa shape index (κ2) is 8.69. The number of amides is 1. The van der Waals surface area contributed by atoms with Crippen molar-refractivity contribution in [2.24, 2.45) is 0 Å². The molecule has 0 radical (unpaired) electrons. The molecule has 1 aromatic heterocycles. The van der Waals surface area contributed by atoms with Crippen molar-refractivity contribution in [1.82, 2.24) is 19.8 Å². The average molecular weight is 382 g/mol. The number of likely N-dealkylation sites (N-methyl/N-ethyl adjacent to an activating group) is 1. The van der Waals surface area contributed by atoms with E-state index in [1.54, 1.807) is 6.07 Å². The van der Waals surface area contributed by atoms with Gasteiger partial charge in [0, 0.05) is 37.9 Å². The van der Waals surface area contributed by atoms with E-state index in [1.165, 1.54) is 17.5 Å². The molecule has 1 amide bonds. The van der Waals surface area contributed by atoms with Gasteiger partial charge in [0.15, 0.2) is 0 Å². The number of benzene rings is 1. The fourth-order valence-electron chi connectivity index (χ4n) is 3.54.